The number of carbonyl (C=O) groups is 1. The quantitative estimate of drug-likeness (QED) is 0.772. The van der Waals surface area contributed by atoms with Crippen LogP contribution in [0.5, 0.6) is 0 Å². The van der Waals surface area contributed by atoms with Crippen molar-refractivity contribution < 1.29 is 9.53 Å². The third-order valence-corrected chi connectivity index (χ3v) is 6.91. The number of amides is 1. The molecule has 2 aromatic heterocycles. The van der Waals surface area contributed by atoms with Crippen LogP contribution in [0.15, 0.2) is 23.7 Å². The Balaban J connectivity index is 1.44. The Morgan fingerprint density at radius 1 is 1.32 bits per heavy atom. The SMILES string of the molecule is CCc1ccc(CN2CCc3c(C(=O)N4CCOC[C@H]4CC)csc3C2)nc1. The van der Waals surface area contributed by atoms with E-state index in [4.69, 9.17) is 4.74 Å². The number of thiophene rings is 1. The number of nitrogens with zero attached hydrogens (tertiary/aromatic N) is 3. The molecule has 0 unspecified atom stereocenters. The molecule has 0 bridgehead atoms. The molecule has 1 atom stereocenters. The van der Waals surface area contributed by atoms with E-state index < -0.39 is 0 Å². The summed E-state index contributed by atoms with van der Waals surface area (Å²) in [5.74, 6) is 0.193. The molecule has 1 fully saturated rings. The molecule has 6 heteroatoms. The molecule has 4 heterocycles. The highest BCUT2D eigenvalue weighted by Crippen LogP contribution is 2.31. The lowest BCUT2D eigenvalue weighted by Gasteiger charge is -2.35. The minimum atomic E-state index is 0.193. The van der Waals surface area contributed by atoms with Gasteiger partial charge < -0.3 is 9.64 Å². The van der Waals surface area contributed by atoms with Gasteiger partial charge in [0.1, 0.15) is 0 Å². The monoisotopic (exact) mass is 399 g/mol. The van der Waals surface area contributed by atoms with E-state index in [9.17, 15) is 4.79 Å². The van der Waals surface area contributed by atoms with Gasteiger partial charge in [0.25, 0.3) is 5.91 Å². The van der Waals surface area contributed by atoms with Crippen molar-refractivity contribution in [2.45, 2.75) is 52.2 Å². The van der Waals surface area contributed by atoms with E-state index in [1.54, 1.807) is 11.3 Å². The number of hydrogen-bond donors (Lipinski definition) is 0. The van der Waals surface area contributed by atoms with E-state index >= 15 is 0 Å². The molecule has 0 aromatic carbocycles. The van der Waals surface area contributed by atoms with Crippen molar-refractivity contribution in [1.29, 1.82) is 0 Å². The van der Waals surface area contributed by atoms with E-state index in [-0.39, 0.29) is 11.9 Å². The molecule has 4 rings (SSSR count). The number of hydrogen-bond acceptors (Lipinski definition) is 5. The second kappa shape index (κ2) is 8.72. The number of carbonyl (C=O) groups excluding carboxylic acids is 1. The fraction of sp³-hybridized carbons (Fsp3) is 0.545. The van der Waals surface area contributed by atoms with Crippen molar-refractivity contribution >= 4 is 17.2 Å². The predicted octanol–water partition coefficient (Wildman–Crippen LogP) is 3.51. The summed E-state index contributed by atoms with van der Waals surface area (Å²) in [7, 11) is 0. The molecule has 0 radical (unpaired) electrons. The van der Waals surface area contributed by atoms with Crippen molar-refractivity contribution in [3.63, 3.8) is 0 Å². The summed E-state index contributed by atoms with van der Waals surface area (Å²) in [6.07, 6.45) is 4.89. The Hall–Kier alpha value is -1.76. The van der Waals surface area contributed by atoms with Gasteiger partial charge in [-0.25, -0.2) is 0 Å². The van der Waals surface area contributed by atoms with E-state index in [2.05, 4.69) is 41.2 Å². The Morgan fingerprint density at radius 3 is 2.96 bits per heavy atom. The van der Waals surface area contributed by atoms with Gasteiger partial charge >= 0.3 is 0 Å². The van der Waals surface area contributed by atoms with E-state index in [1.807, 2.05) is 11.1 Å². The number of morpholine rings is 1. The van der Waals surface area contributed by atoms with Gasteiger partial charge in [0.15, 0.2) is 0 Å². The highest BCUT2D eigenvalue weighted by atomic mass is 32.1. The van der Waals surface area contributed by atoms with Crippen molar-refractivity contribution in [3.8, 4) is 0 Å². The number of aryl methyl sites for hydroxylation is 1. The molecule has 1 amide bonds. The first-order valence-corrected chi connectivity index (χ1v) is 11.2. The standard InChI is InChI=1S/C22H29N3O2S/c1-3-16-5-6-17(23-11-16)12-24-8-7-19-20(15-28-21(19)13-24)22(26)25-9-10-27-14-18(25)4-2/h5-6,11,15,18H,3-4,7-10,12-14H2,1-2H3/t18-/m1/s1. The summed E-state index contributed by atoms with van der Waals surface area (Å²) in [6.45, 7) is 9.03. The molecule has 0 aliphatic carbocycles. The molecule has 2 aliphatic heterocycles. The Bertz CT molecular complexity index is 818. The average molecular weight is 400 g/mol. The van der Waals surface area contributed by atoms with Gasteiger partial charge in [0, 0.05) is 42.6 Å². The smallest absolute Gasteiger partial charge is 0.255 e. The van der Waals surface area contributed by atoms with Crippen molar-refractivity contribution in [2.24, 2.45) is 0 Å². The molecule has 0 spiro atoms. The molecular formula is C22H29N3O2S. The van der Waals surface area contributed by atoms with Crippen LogP contribution < -0.4 is 0 Å². The van der Waals surface area contributed by atoms with Gasteiger partial charge in [0.05, 0.1) is 30.5 Å². The second-order valence-corrected chi connectivity index (χ2v) is 8.62. The zero-order valence-corrected chi connectivity index (χ0v) is 17.6. The van der Waals surface area contributed by atoms with Crippen LogP contribution in [0.3, 0.4) is 0 Å². The van der Waals surface area contributed by atoms with Crippen LogP contribution in [0, 0.1) is 0 Å². The molecule has 1 saturated heterocycles. The first-order valence-electron chi connectivity index (χ1n) is 10.3. The highest BCUT2D eigenvalue weighted by Gasteiger charge is 2.31. The van der Waals surface area contributed by atoms with Crippen molar-refractivity contribution in [1.82, 2.24) is 14.8 Å². The number of aromatic nitrogens is 1. The van der Waals surface area contributed by atoms with E-state index in [0.717, 1.165) is 50.2 Å². The number of rotatable bonds is 5. The normalized spacial score (nSPS) is 20.2. The maximum absolute atomic E-state index is 13.2. The lowest BCUT2D eigenvalue weighted by Crippen LogP contribution is -2.48. The first kappa shape index (κ1) is 19.6. The zero-order chi connectivity index (χ0) is 19.5. The summed E-state index contributed by atoms with van der Waals surface area (Å²) < 4.78 is 5.56. The molecule has 0 saturated carbocycles. The summed E-state index contributed by atoms with van der Waals surface area (Å²) >= 11 is 1.73. The number of ether oxygens (including phenoxy) is 1. The molecule has 2 aliphatic rings. The van der Waals surface area contributed by atoms with Crippen molar-refractivity contribution in [3.05, 3.63) is 51.0 Å². The molecule has 28 heavy (non-hydrogen) atoms. The van der Waals surface area contributed by atoms with Crippen LogP contribution in [0.25, 0.3) is 0 Å². The summed E-state index contributed by atoms with van der Waals surface area (Å²) in [6, 6.07) is 4.52. The molecule has 150 valence electrons. The topological polar surface area (TPSA) is 45.7 Å². The second-order valence-electron chi connectivity index (χ2n) is 7.66. The maximum Gasteiger partial charge on any atom is 0.255 e. The van der Waals surface area contributed by atoms with Gasteiger partial charge in [-0.2, -0.15) is 0 Å². The van der Waals surface area contributed by atoms with Crippen LogP contribution in [0.1, 0.15) is 52.3 Å². The van der Waals surface area contributed by atoms with Gasteiger partial charge in [-0.05, 0) is 36.5 Å². The highest BCUT2D eigenvalue weighted by molar-refractivity contribution is 7.10. The predicted molar refractivity (Wildman–Crippen MR) is 112 cm³/mol. The minimum absolute atomic E-state index is 0.193. The van der Waals surface area contributed by atoms with Crippen LogP contribution in [-0.4, -0.2) is 53.0 Å². The average Bonchev–Trinajstić information content (AvgIpc) is 3.17. The van der Waals surface area contributed by atoms with Gasteiger partial charge in [-0.15, -0.1) is 11.3 Å². The first-order chi connectivity index (χ1) is 13.7. The molecule has 0 N–H and O–H groups in total. The Kier molecular flexibility index (Phi) is 6.09. The van der Waals surface area contributed by atoms with Crippen LogP contribution in [0.2, 0.25) is 0 Å². The summed E-state index contributed by atoms with van der Waals surface area (Å²) in [4.78, 5) is 23.6. The third-order valence-electron chi connectivity index (χ3n) is 5.90. The summed E-state index contributed by atoms with van der Waals surface area (Å²) in [5.41, 5.74) is 4.58. The third kappa shape index (κ3) is 4.00. The van der Waals surface area contributed by atoms with Gasteiger partial charge in [-0.3, -0.25) is 14.7 Å². The molecular weight excluding hydrogens is 370 g/mol. The van der Waals surface area contributed by atoms with E-state index in [0.29, 0.717) is 19.8 Å². The van der Waals surface area contributed by atoms with Crippen LogP contribution in [-0.2, 0) is 30.7 Å². The van der Waals surface area contributed by atoms with Crippen LogP contribution in [0.4, 0.5) is 0 Å². The summed E-state index contributed by atoms with van der Waals surface area (Å²) in [5, 5.41) is 2.08. The van der Waals surface area contributed by atoms with Gasteiger partial charge in [0.2, 0.25) is 0 Å². The van der Waals surface area contributed by atoms with E-state index in [1.165, 1.54) is 16.0 Å². The molecule has 2 aromatic rings. The number of pyridine rings is 1. The minimum Gasteiger partial charge on any atom is -0.377 e. The maximum atomic E-state index is 13.2. The fourth-order valence-electron chi connectivity index (χ4n) is 4.10. The van der Waals surface area contributed by atoms with Crippen LogP contribution >= 0.6 is 11.3 Å². The van der Waals surface area contributed by atoms with Crippen molar-refractivity contribution in [2.75, 3.05) is 26.3 Å². The Morgan fingerprint density at radius 2 is 2.21 bits per heavy atom. The Labute approximate surface area is 171 Å². The number of fused-ring (bicyclic) bond motifs is 1. The largest absolute Gasteiger partial charge is 0.377 e. The van der Waals surface area contributed by atoms with Gasteiger partial charge in [-0.1, -0.05) is 19.9 Å². The fourth-order valence-corrected chi connectivity index (χ4v) is 5.21. The lowest BCUT2D eigenvalue weighted by atomic mass is 10.0. The lowest BCUT2D eigenvalue weighted by molar-refractivity contribution is -0.00285. The zero-order valence-electron chi connectivity index (χ0n) is 16.8. The molecule has 5 nitrogen and oxygen atoms in total.